The molecule has 0 aliphatic carbocycles. The van der Waals surface area contributed by atoms with Crippen molar-refractivity contribution in [2.45, 2.75) is 0 Å². The molecular formula is C16H14FN3. The predicted molar refractivity (Wildman–Crippen MR) is 80.6 cm³/mol. The van der Waals surface area contributed by atoms with Crippen LogP contribution in [0.2, 0.25) is 0 Å². The van der Waals surface area contributed by atoms with Crippen LogP contribution >= 0.6 is 0 Å². The quantitative estimate of drug-likeness (QED) is 0.719. The van der Waals surface area contributed by atoms with Crippen LogP contribution in [-0.4, -0.2) is 12.0 Å². The summed E-state index contributed by atoms with van der Waals surface area (Å²) < 4.78 is 13.0. The van der Waals surface area contributed by atoms with Gasteiger partial charge in [0.2, 0.25) is 0 Å². The van der Waals surface area contributed by atoms with Crippen molar-refractivity contribution >= 4 is 28.0 Å². The molecule has 0 unspecified atom stereocenters. The van der Waals surface area contributed by atoms with E-state index in [1.54, 1.807) is 18.3 Å². The van der Waals surface area contributed by atoms with Crippen molar-refractivity contribution in [3.05, 3.63) is 60.5 Å². The molecule has 0 aliphatic heterocycles. The number of nitrogens with zero attached hydrogens (tertiary/aromatic N) is 2. The SMILES string of the molecule is CN(c1ccc(F)cc1)c1ccnc2c(N)cccc12. The summed E-state index contributed by atoms with van der Waals surface area (Å²) in [5.41, 5.74) is 9.26. The molecule has 0 fully saturated rings. The summed E-state index contributed by atoms with van der Waals surface area (Å²) in [6, 6.07) is 14.0. The van der Waals surface area contributed by atoms with E-state index >= 15 is 0 Å². The van der Waals surface area contributed by atoms with Gasteiger partial charge in [0.1, 0.15) is 5.82 Å². The number of hydrogen-bond acceptors (Lipinski definition) is 3. The lowest BCUT2D eigenvalue weighted by atomic mass is 10.1. The highest BCUT2D eigenvalue weighted by Gasteiger charge is 2.10. The standard InChI is InChI=1S/C16H14FN3/c1-20(12-7-5-11(17)6-8-12)15-9-10-19-16-13(15)3-2-4-14(16)18/h2-10H,18H2,1H3. The van der Waals surface area contributed by atoms with E-state index in [4.69, 9.17) is 5.73 Å². The molecule has 20 heavy (non-hydrogen) atoms. The van der Waals surface area contributed by atoms with Gasteiger partial charge in [-0.2, -0.15) is 0 Å². The molecule has 1 heterocycles. The average molecular weight is 267 g/mol. The van der Waals surface area contributed by atoms with Crippen molar-refractivity contribution < 1.29 is 4.39 Å². The fraction of sp³-hybridized carbons (Fsp3) is 0.0625. The minimum atomic E-state index is -0.244. The van der Waals surface area contributed by atoms with Crippen molar-refractivity contribution in [2.75, 3.05) is 17.7 Å². The largest absolute Gasteiger partial charge is 0.397 e. The smallest absolute Gasteiger partial charge is 0.123 e. The highest BCUT2D eigenvalue weighted by atomic mass is 19.1. The number of halogens is 1. The molecule has 2 N–H and O–H groups in total. The zero-order valence-electron chi connectivity index (χ0n) is 11.0. The van der Waals surface area contributed by atoms with Gasteiger partial charge in [-0.1, -0.05) is 12.1 Å². The first-order chi connectivity index (χ1) is 9.66. The Balaban J connectivity index is 2.14. The van der Waals surface area contributed by atoms with E-state index in [9.17, 15) is 4.39 Å². The van der Waals surface area contributed by atoms with Gasteiger partial charge < -0.3 is 10.6 Å². The zero-order valence-corrected chi connectivity index (χ0v) is 11.0. The maximum atomic E-state index is 13.0. The molecule has 0 saturated carbocycles. The van der Waals surface area contributed by atoms with Crippen LogP contribution in [0.25, 0.3) is 10.9 Å². The molecule has 100 valence electrons. The number of hydrogen-bond donors (Lipinski definition) is 1. The maximum absolute atomic E-state index is 13.0. The number of benzene rings is 2. The summed E-state index contributed by atoms with van der Waals surface area (Å²) in [6.45, 7) is 0. The molecule has 1 aromatic heterocycles. The Morgan fingerprint density at radius 1 is 1.05 bits per heavy atom. The summed E-state index contributed by atoms with van der Waals surface area (Å²) in [4.78, 5) is 6.31. The van der Waals surface area contributed by atoms with Crippen LogP contribution in [0, 0.1) is 5.82 Å². The number of para-hydroxylation sites is 1. The van der Waals surface area contributed by atoms with Crippen LogP contribution < -0.4 is 10.6 Å². The Morgan fingerprint density at radius 2 is 1.80 bits per heavy atom. The number of fused-ring (bicyclic) bond motifs is 1. The summed E-state index contributed by atoms with van der Waals surface area (Å²) >= 11 is 0. The van der Waals surface area contributed by atoms with Crippen LogP contribution in [0.5, 0.6) is 0 Å². The fourth-order valence-corrected chi connectivity index (χ4v) is 2.28. The third kappa shape index (κ3) is 2.05. The summed E-state index contributed by atoms with van der Waals surface area (Å²) in [6.07, 6.45) is 1.73. The van der Waals surface area contributed by atoms with Crippen molar-refractivity contribution in [3.63, 3.8) is 0 Å². The lowest BCUT2D eigenvalue weighted by molar-refractivity contribution is 0.628. The molecule has 0 saturated heterocycles. The second kappa shape index (κ2) is 4.81. The maximum Gasteiger partial charge on any atom is 0.123 e. The molecule has 3 nitrogen and oxygen atoms in total. The first kappa shape index (κ1) is 12.4. The van der Waals surface area contributed by atoms with E-state index in [2.05, 4.69) is 4.98 Å². The lowest BCUT2D eigenvalue weighted by Crippen LogP contribution is -2.10. The van der Waals surface area contributed by atoms with E-state index < -0.39 is 0 Å². The predicted octanol–water partition coefficient (Wildman–Crippen LogP) is 3.72. The zero-order chi connectivity index (χ0) is 14.1. The molecule has 0 amide bonds. The molecule has 0 bridgehead atoms. The van der Waals surface area contributed by atoms with Gasteiger partial charge >= 0.3 is 0 Å². The second-order valence-electron chi connectivity index (χ2n) is 4.61. The Hall–Kier alpha value is -2.62. The molecule has 0 atom stereocenters. The van der Waals surface area contributed by atoms with E-state index in [0.29, 0.717) is 5.69 Å². The van der Waals surface area contributed by atoms with E-state index in [1.165, 1.54) is 12.1 Å². The van der Waals surface area contributed by atoms with E-state index in [0.717, 1.165) is 22.3 Å². The highest BCUT2D eigenvalue weighted by molar-refractivity contribution is 5.99. The second-order valence-corrected chi connectivity index (χ2v) is 4.61. The summed E-state index contributed by atoms with van der Waals surface area (Å²) in [7, 11) is 1.94. The summed E-state index contributed by atoms with van der Waals surface area (Å²) in [5.74, 6) is -0.244. The molecular weight excluding hydrogens is 253 g/mol. The van der Waals surface area contributed by atoms with Crippen LogP contribution in [0.3, 0.4) is 0 Å². The molecule has 0 aliphatic rings. The van der Waals surface area contributed by atoms with Gasteiger partial charge in [-0.25, -0.2) is 4.39 Å². The number of nitrogens with two attached hydrogens (primary N) is 1. The van der Waals surface area contributed by atoms with Gasteiger partial charge in [-0.3, -0.25) is 4.98 Å². The van der Waals surface area contributed by atoms with Crippen LogP contribution in [0.4, 0.5) is 21.5 Å². The lowest BCUT2D eigenvalue weighted by Gasteiger charge is -2.21. The molecule has 2 aromatic carbocycles. The average Bonchev–Trinajstić information content (AvgIpc) is 2.47. The molecule has 0 radical (unpaired) electrons. The number of aromatic nitrogens is 1. The number of rotatable bonds is 2. The molecule has 4 heteroatoms. The van der Waals surface area contributed by atoms with E-state index in [1.807, 2.05) is 36.2 Å². The third-order valence-electron chi connectivity index (χ3n) is 3.35. The van der Waals surface area contributed by atoms with Crippen molar-refractivity contribution in [1.82, 2.24) is 4.98 Å². The molecule has 3 rings (SSSR count). The van der Waals surface area contributed by atoms with Crippen molar-refractivity contribution in [1.29, 1.82) is 0 Å². The highest BCUT2D eigenvalue weighted by Crippen LogP contribution is 2.31. The van der Waals surface area contributed by atoms with Gasteiger partial charge in [-0.15, -0.1) is 0 Å². The number of pyridine rings is 1. The number of anilines is 3. The van der Waals surface area contributed by atoms with Gasteiger partial charge in [0.05, 0.1) is 16.9 Å². The van der Waals surface area contributed by atoms with Gasteiger partial charge in [0.15, 0.2) is 0 Å². The Bertz CT molecular complexity index is 753. The van der Waals surface area contributed by atoms with Crippen molar-refractivity contribution in [3.8, 4) is 0 Å². The van der Waals surface area contributed by atoms with Crippen LogP contribution in [-0.2, 0) is 0 Å². The Morgan fingerprint density at radius 3 is 2.55 bits per heavy atom. The normalized spacial score (nSPS) is 10.7. The first-order valence-corrected chi connectivity index (χ1v) is 6.29. The van der Waals surface area contributed by atoms with Gasteiger partial charge in [-0.05, 0) is 36.4 Å². The Labute approximate surface area is 116 Å². The van der Waals surface area contributed by atoms with Crippen molar-refractivity contribution in [2.24, 2.45) is 0 Å². The van der Waals surface area contributed by atoms with Gasteiger partial charge in [0, 0.05) is 24.3 Å². The fourth-order valence-electron chi connectivity index (χ4n) is 2.28. The number of nitrogen functional groups attached to an aromatic ring is 1. The van der Waals surface area contributed by atoms with Gasteiger partial charge in [0.25, 0.3) is 0 Å². The Kier molecular flexibility index (Phi) is 2.99. The minimum absolute atomic E-state index is 0.244. The monoisotopic (exact) mass is 267 g/mol. The third-order valence-corrected chi connectivity index (χ3v) is 3.35. The topological polar surface area (TPSA) is 42.2 Å². The molecule has 3 aromatic rings. The first-order valence-electron chi connectivity index (χ1n) is 6.29. The minimum Gasteiger partial charge on any atom is -0.397 e. The van der Waals surface area contributed by atoms with E-state index in [-0.39, 0.29) is 5.82 Å². The van der Waals surface area contributed by atoms with Crippen LogP contribution in [0.15, 0.2) is 54.7 Å². The summed E-state index contributed by atoms with van der Waals surface area (Å²) in [5, 5.41) is 0.972. The molecule has 0 spiro atoms. The van der Waals surface area contributed by atoms with Crippen LogP contribution in [0.1, 0.15) is 0 Å².